The van der Waals surface area contributed by atoms with E-state index in [-0.39, 0.29) is 11.5 Å². The van der Waals surface area contributed by atoms with Gasteiger partial charge in [0.1, 0.15) is 12.2 Å². The van der Waals surface area contributed by atoms with Gasteiger partial charge >= 0.3 is 5.69 Å². The lowest BCUT2D eigenvalue weighted by Gasteiger charge is -2.27. The molecule has 1 saturated heterocycles. The van der Waals surface area contributed by atoms with Crippen LogP contribution in [0.15, 0.2) is 11.0 Å². The Morgan fingerprint density at radius 3 is 2.63 bits per heavy atom. The number of nitrogens with zero attached hydrogens (tertiary/aromatic N) is 2. The van der Waals surface area contributed by atoms with Crippen molar-refractivity contribution in [3.8, 4) is 0 Å². The van der Waals surface area contributed by atoms with Gasteiger partial charge in [-0.25, -0.2) is 9.36 Å². The molecule has 4 atom stereocenters. The van der Waals surface area contributed by atoms with Crippen molar-refractivity contribution in [2.45, 2.75) is 24.2 Å². The van der Waals surface area contributed by atoms with Gasteiger partial charge in [0.2, 0.25) is 0 Å². The lowest BCUT2D eigenvalue weighted by atomic mass is 10.1. The summed E-state index contributed by atoms with van der Waals surface area (Å²) in [5.74, 6) is -2.82. The van der Waals surface area contributed by atoms with Gasteiger partial charge in [-0.3, -0.25) is 0 Å². The minimum absolute atomic E-state index is 0.120. The first-order valence-electron chi connectivity index (χ1n) is 5.33. The van der Waals surface area contributed by atoms with Gasteiger partial charge in [0.25, 0.3) is 5.91 Å². The fraction of sp³-hybridized carbons (Fsp3) is 0.556. The number of aliphatic hydroxyl groups is 4. The second-order valence-corrected chi connectivity index (χ2v) is 4.17. The van der Waals surface area contributed by atoms with Gasteiger partial charge in [0, 0.05) is 6.20 Å². The van der Waals surface area contributed by atoms with Gasteiger partial charge in [0.15, 0.2) is 11.9 Å². The zero-order valence-electron chi connectivity index (χ0n) is 9.67. The first-order valence-corrected chi connectivity index (χ1v) is 5.33. The highest BCUT2D eigenvalue weighted by molar-refractivity contribution is 5.55. The Bertz CT molecular complexity index is 548. The quantitative estimate of drug-likeness (QED) is 0.314. The molecule has 2 rings (SSSR count). The predicted molar refractivity (Wildman–Crippen MR) is 61.5 cm³/mol. The van der Waals surface area contributed by atoms with Crippen molar-refractivity contribution in [3.63, 3.8) is 0 Å². The largest absolute Gasteiger partial charge is 0.395 e. The molecule has 106 valence electrons. The van der Waals surface area contributed by atoms with E-state index in [1.165, 1.54) is 0 Å². The molecule has 2 heterocycles. The van der Waals surface area contributed by atoms with Gasteiger partial charge in [-0.1, -0.05) is 0 Å². The normalized spacial score (nSPS) is 34.6. The molecular formula is C9H14N4O6. The van der Waals surface area contributed by atoms with E-state index < -0.39 is 36.5 Å². The van der Waals surface area contributed by atoms with Gasteiger partial charge in [-0.15, -0.1) is 0 Å². The zero-order chi connectivity index (χ0) is 14.4. The molecule has 1 aliphatic rings. The molecule has 19 heavy (non-hydrogen) atoms. The van der Waals surface area contributed by atoms with Crippen LogP contribution in [0.3, 0.4) is 0 Å². The van der Waals surface area contributed by atoms with E-state index in [1.807, 2.05) is 0 Å². The highest BCUT2D eigenvalue weighted by Crippen LogP contribution is 2.32. The number of rotatable bonds is 2. The minimum atomic E-state index is -2.58. The lowest BCUT2D eigenvalue weighted by molar-refractivity contribution is -0.290. The van der Waals surface area contributed by atoms with Crippen LogP contribution in [0.2, 0.25) is 0 Å². The highest BCUT2D eigenvalue weighted by atomic mass is 16.7. The van der Waals surface area contributed by atoms with Crippen molar-refractivity contribution in [3.05, 3.63) is 16.7 Å². The molecule has 10 heteroatoms. The standard InChI is InChI=1S/C9H14N4O6/c10-3-1-13(8(17)12-7(3)11)9(18)6(16)5(15)4(2-14)19-9/h1,4-6,14-16,18H,2,10H2,(H2,11,12,17)/t4-,5-,6-,9-/m1/s1. The summed E-state index contributed by atoms with van der Waals surface area (Å²) < 4.78 is 5.42. The second kappa shape index (κ2) is 4.43. The van der Waals surface area contributed by atoms with Crippen LogP contribution in [0.25, 0.3) is 0 Å². The van der Waals surface area contributed by atoms with Crippen LogP contribution >= 0.6 is 0 Å². The smallest absolute Gasteiger partial charge is 0.353 e. The van der Waals surface area contributed by atoms with E-state index >= 15 is 0 Å². The molecule has 8 N–H and O–H groups in total. The number of ether oxygens (including phenoxy) is 1. The summed E-state index contributed by atoms with van der Waals surface area (Å²) in [7, 11) is 0. The molecule has 0 amide bonds. The third-order valence-electron chi connectivity index (χ3n) is 2.93. The van der Waals surface area contributed by atoms with E-state index in [4.69, 9.17) is 21.3 Å². The number of aliphatic hydroxyl groups excluding tert-OH is 3. The van der Waals surface area contributed by atoms with Gasteiger partial charge in [-0.05, 0) is 0 Å². The number of anilines is 2. The van der Waals surface area contributed by atoms with Crippen molar-refractivity contribution >= 4 is 11.5 Å². The second-order valence-electron chi connectivity index (χ2n) is 4.17. The summed E-state index contributed by atoms with van der Waals surface area (Å²) in [6.45, 7) is -0.660. The summed E-state index contributed by atoms with van der Waals surface area (Å²) in [6, 6.07) is 0. The van der Waals surface area contributed by atoms with Crippen LogP contribution in [-0.2, 0) is 10.6 Å². The van der Waals surface area contributed by atoms with Gasteiger partial charge in [-0.2, -0.15) is 4.98 Å². The summed E-state index contributed by atoms with van der Waals surface area (Å²) in [5, 5.41) is 38.5. The first-order chi connectivity index (χ1) is 8.81. The maximum absolute atomic E-state index is 11.7. The molecule has 1 aliphatic heterocycles. The van der Waals surface area contributed by atoms with Crippen molar-refractivity contribution in [2.75, 3.05) is 18.1 Å². The Morgan fingerprint density at radius 2 is 2.11 bits per heavy atom. The van der Waals surface area contributed by atoms with E-state index in [0.29, 0.717) is 4.57 Å². The molecular weight excluding hydrogens is 260 g/mol. The van der Waals surface area contributed by atoms with E-state index in [0.717, 1.165) is 6.20 Å². The molecule has 0 spiro atoms. The summed E-state index contributed by atoms with van der Waals surface area (Å²) in [6.07, 6.45) is -3.78. The molecule has 0 bridgehead atoms. The van der Waals surface area contributed by atoms with Crippen molar-refractivity contribution < 1.29 is 25.2 Å². The van der Waals surface area contributed by atoms with E-state index in [1.54, 1.807) is 0 Å². The average Bonchev–Trinajstić information content (AvgIpc) is 2.59. The first kappa shape index (κ1) is 13.7. The Hall–Kier alpha value is -1.72. The molecule has 0 aromatic carbocycles. The monoisotopic (exact) mass is 274 g/mol. The molecule has 0 unspecified atom stereocenters. The summed E-state index contributed by atoms with van der Waals surface area (Å²) in [5.41, 5.74) is 9.63. The highest BCUT2D eigenvalue weighted by Gasteiger charge is 2.55. The lowest BCUT2D eigenvalue weighted by Crippen LogP contribution is -2.50. The van der Waals surface area contributed by atoms with Gasteiger partial charge < -0.3 is 36.6 Å². The van der Waals surface area contributed by atoms with E-state index in [9.17, 15) is 20.1 Å². The molecule has 1 aromatic rings. The van der Waals surface area contributed by atoms with E-state index in [2.05, 4.69) is 4.98 Å². The molecule has 1 fully saturated rings. The third kappa shape index (κ3) is 1.95. The number of nitrogens with two attached hydrogens (primary N) is 2. The van der Waals surface area contributed by atoms with Crippen LogP contribution in [0.5, 0.6) is 0 Å². The predicted octanol–water partition coefficient (Wildman–Crippen LogP) is -3.88. The fourth-order valence-corrected chi connectivity index (χ4v) is 1.84. The van der Waals surface area contributed by atoms with Crippen LogP contribution in [0, 0.1) is 0 Å². The number of hydrogen-bond acceptors (Lipinski definition) is 9. The molecule has 10 nitrogen and oxygen atoms in total. The van der Waals surface area contributed by atoms with Gasteiger partial charge in [0.05, 0.1) is 12.3 Å². The van der Waals surface area contributed by atoms with Crippen LogP contribution < -0.4 is 17.2 Å². The summed E-state index contributed by atoms with van der Waals surface area (Å²) >= 11 is 0. The topological polar surface area (TPSA) is 177 Å². The van der Waals surface area contributed by atoms with Crippen LogP contribution in [0.1, 0.15) is 0 Å². The molecule has 0 saturated carbocycles. The SMILES string of the molecule is Nc1cn([C@]2(O)O[C@H](CO)[C@@H](O)[C@H]2O)c(=O)nc1N. The fourth-order valence-electron chi connectivity index (χ4n) is 1.84. The maximum Gasteiger partial charge on any atom is 0.353 e. The molecule has 1 aromatic heterocycles. The average molecular weight is 274 g/mol. The molecule has 0 aliphatic carbocycles. The number of nitrogen functional groups attached to an aromatic ring is 2. The molecule has 0 radical (unpaired) electrons. The Labute approximate surface area is 106 Å². The third-order valence-corrected chi connectivity index (χ3v) is 2.93. The van der Waals surface area contributed by atoms with Crippen LogP contribution in [0.4, 0.5) is 11.5 Å². The number of hydrogen-bond donors (Lipinski definition) is 6. The minimum Gasteiger partial charge on any atom is -0.395 e. The van der Waals surface area contributed by atoms with Crippen LogP contribution in [-0.4, -0.2) is 54.9 Å². The number of aromatic nitrogens is 2. The zero-order valence-corrected chi connectivity index (χ0v) is 9.67. The van der Waals surface area contributed by atoms with Crippen molar-refractivity contribution in [1.29, 1.82) is 0 Å². The maximum atomic E-state index is 11.7. The van der Waals surface area contributed by atoms with Crippen molar-refractivity contribution in [2.24, 2.45) is 0 Å². The summed E-state index contributed by atoms with van der Waals surface area (Å²) in [4.78, 5) is 15.0. The van der Waals surface area contributed by atoms with Crippen molar-refractivity contribution in [1.82, 2.24) is 9.55 Å². The Balaban J connectivity index is 2.52. The Kier molecular flexibility index (Phi) is 3.20. The Morgan fingerprint density at radius 1 is 1.47 bits per heavy atom.